The fourth-order valence-corrected chi connectivity index (χ4v) is 2.92. The van der Waals surface area contributed by atoms with Crippen molar-refractivity contribution in [1.29, 1.82) is 0 Å². The summed E-state index contributed by atoms with van der Waals surface area (Å²) in [4.78, 5) is 2.36. The molecule has 112 valence electrons. The topological polar surface area (TPSA) is 21.7 Å². The molecule has 20 heavy (non-hydrogen) atoms. The third-order valence-electron chi connectivity index (χ3n) is 3.21. The van der Waals surface area contributed by atoms with Crippen molar-refractivity contribution in [3.8, 4) is 5.75 Å². The van der Waals surface area contributed by atoms with Gasteiger partial charge in [-0.25, -0.2) is 0 Å². The number of benzene rings is 1. The van der Waals surface area contributed by atoms with Gasteiger partial charge < -0.3 is 9.47 Å². The van der Waals surface area contributed by atoms with Crippen molar-refractivity contribution in [1.82, 2.24) is 4.90 Å². The maximum Gasteiger partial charge on any atom is 0.119 e. The molecule has 1 unspecified atom stereocenters. The van der Waals surface area contributed by atoms with Crippen molar-refractivity contribution in [3.63, 3.8) is 0 Å². The summed E-state index contributed by atoms with van der Waals surface area (Å²) in [6, 6.07) is 7.90. The van der Waals surface area contributed by atoms with Gasteiger partial charge in [0.15, 0.2) is 0 Å². The fourth-order valence-electron chi connectivity index (χ4n) is 2.49. The van der Waals surface area contributed by atoms with Gasteiger partial charge in [-0.1, -0.05) is 15.9 Å². The van der Waals surface area contributed by atoms with Gasteiger partial charge in [0.1, 0.15) is 12.4 Å². The Balaban J connectivity index is 1.79. The first-order valence-electron chi connectivity index (χ1n) is 6.83. The lowest BCUT2D eigenvalue weighted by molar-refractivity contribution is -0.128. The lowest BCUT2D eigenvalue weighted by Gasteiger charge is -2.42. The van der Waals surface area contributed by atoms with E-state index in [4.69, 9.17) is 21.1 Å². The average molecular weight is 363 g/mol. The zero-order chi connectivity index (χ0) is 14.6. The van der Waals surface area contributed by atoms with Crippen LogP contribution in [0.15, 0.2) is 28.7 Å². The van der Waals surface area contributed by atoms with Crippen LogP contribution in [0.2, 0.25) is 0 Å². The minimum Gasteiger partial charge on any atom is -0.492 e. The third kappa shape index (κ3) is 4.92. The Bertz CT molecular complexity index is 424. The highest BCUT2D eigenvalue weighted by Gasteiger charge is 2.32. The smallest absolute Gasteiger partial charge is 0.119 e. The SMILES string of the molecule is CC1(C)CN(CCOc2ccc(Br)cc2)CC(CCl)O1. The van der Waals surface area contributed by atoms with E-state index in [-0.39, 0.29) is 11.7 Å². The zero-order valence-corrected chi connectivity index (χ0v) is 14.3. The van der Waals surface area contributed by atoms with Gasteiger partial charge in [0.2, 0.25) is 0 Å². The van der Waals surface area contributed by atoms with Crippen molar-refractivity contribution in [2.24, 2.45) is 0 Å². The molecule has 1 aromatic rings. The van der Waals surface area contributed by atoms with Crippen LogP contribution in [0.4, 0.5) is 0 Å². The molecule has 0 bridgehead atoms. The Labute approximate surface area is 134 Å². The van der Waals surface area contributed by atoms with Gasteiger partial charge in [0.05, 0.1) is 11.7 Å². The van der Waals surface area contributed by atoms with Gasteiger partial charge in [0.25, 0.3) is 0 Å². The van der Waals surface area contributed by atoms with Crippen LogP contribution in [0.5, 0.6) is 5.75 Å². The molecule has 0 saturated carbocycles. The Kier molecular flexibility index (Phi) is 5.73. The van der Waals surface area contributed by atoms with Crippen molar-refractivity contribution >= 4 is 27.5 Å². The molecule has 0 aliphatic carbocycles. The molecule has 0 aromatic heterocycles. The van der Waals surface area contributed by atoms with Gasteiger partial charge >= 0.3 is 0 Å². The van der Waals surface area contributed by atoms with E-state index in [0.29, 0.717) is 12.5 Å². The van der Waals surface area contributed by atoms with E-state index < -0.39 is 0 Å². The van der Waals surface area contributed by atoms with E-state index in [9.17, 15) is 0 Å². The molecule has 1 aliphatic heterocycles. The minimum absolute atomic E-state index is 0.105. The number of nitrogens with zero attached hydrogens (tertiary/aromatic N) is 1. The van der Waals surface area contributed by atoms with Gasteiger partial charge in [-0.2, -0.15) is 0 Å². The summed E-state index contributed by atoms with van der Waals surface area (Å²) in [5.41, 5.74) is -0.143. The summed E-state index contributed by atoms with van der Waals surface area (Å²) in [6.45, 7) is 7.55. The van der Waals surface area contributed by atoms with Crippen LogP contribution in [0.3, 0.4) is 0 Å². The van der Waals surface area contributed by atoms with Crippen LogP contribution < -0.4 is 4.74 Å². The van der Waals surface area contributed by atoms with E-state index in [1.807, 2.05) is 24.3 Å². The molecular formula is C15H21BrClNO2. The predicted octanol–water partition coefficient (Wildman–Crippen LogP) is 3.55. The molecular weight excluding hydrogens is 342 g/mol. The third-order valence-corrected chi connectivity index (χ3v) is 4.09. The zero-order valence-electron chi connectivity index (χ0n) is 11.9. The molecule has 0 spiro atoms. The highest BCUT2D eigenvalue weighted by molar-refractivity contribution is 9.10. The van der Waals surface area contributed by atoms with Crippen LogP contribution in [-0.4, -0.2) is 48.7 Å². The molecule has 1 fully saturated rings. The van der Waals surface area contributed by atoms with E-state index in [1.54, 1.807) is 0 Å². The van der Waals surface area contributed by atoms with Crippen LogP contribution >= 0.6 is 27.5 Å². The second-order valence-corrected chi connectivity index (χ2v) is 6.92. The lowest BCUT2D eigenvalue weighted by Crippen LogP contribution is -2.54. The summed E-state index contributed by atoms with van der Waals surface area (Å²) in [5.74, 6) is 1.43. The van der Waals surface area contributed by atoms with Crippen LogP contribution in [-0.2, 0) is 4.74 Å². The molecule has 1 saturated heterocycles. The van der Waals surface area contributed by atoms with E-state index >= 15 is 0 Å². The minimum atomic E-state index is -0.143. The van der Waals surface area contributed by atoms with Gasteiger partial charge in [0, 0.05) is 30.0 Å². The number of morpholine rings is 1. The van der Waals surface area contributed by atoms with Crippen LogP contribution in [0.1, 0.15) is 13.8 Å². The maximum absolute atomic E-state index is 5.93. The first-order chi connectivity index (χ1) is 9.48. The van der Waals surface area contributed by atoms with Crippen molar-refractivity contribution in [2.45, 2.75) is 25.6 Å². The van der Waals surface area contributed by atoms with Crippen molar-refractivity contribution in [2.75, 3.05) is 32.1 Å². The van der Waals surface area contributed by atoms with Gasteiger partial charge in [-0.3, -0.25) is 4.90 Å². The molecule has 0 amide bonds. The fraction of sp³-hybridized carbons (Fsp3) is 0.600. The maximum atomic E-state index is 5.93. The predicted molar refractivity (Wildman–Crippen MR) is 85.7 cm³/mol. The van der Waals surface area contributed by atoms with Gasteiger partial charge in [-0.15, -0.1) is 11.6 Å². The molecule has 0 radical (unpaired) electrons. The van der Waals surface area contributed by atoms with E-state index in [2.05, 4.69) is 34.7 Å². The Morgan fingerprint density at radius 2 is 2.10 bits per heavy atom. The number of alkyl halides is 1. The molecule has 3 nitrogen and oxygen atoms in total. The number of halogens is 2. The second-order valence-electron chi connectivity index (χ2n) is 5.69. The van der Waals surface area contributed by atoms with Crippen LogP contribution in [0.25, 0.3) is 0 Å². The molecule has 1 aliphatic rings. The normalized spacial score (nSPS) is 22.7. The van der Waals surface area contributed by atoms with Crippen molar-refractivity contribution < 1.29 is 9.47 Å². The summed E-state index contributed by atoms with van der Waals surface area (Å²) in [5, 5.41) is 0. The summed E-state index contributed by atoms with van der Waals surface area (Å²) >= 11 is 9.34. The Hall–Kier alpha value is -0.290. The Morgan fingerprint density at radius 3 is 2.75 bits per heavy atom. The lowest BCUT2D eigenvalue weighted by atomic mass is 10.1. The molecule has 1 atom stereocenters. The van der Waals surface area contributed by atoms with E-state index in [0.717, 1.165) is 29.9 Å². The molecule has 0 N–H and O–H groups in total. The van der Waals surface area contributed by atoms with Crippen LogP contribution in [0, 0.1) is 0 Å². The van der Waals surface area contributed by atoms with Gasteiger partial charge in [-0.05, 0) is 38.1 Å². The van der Waals surface area contributed by atoms with E-state index in [1.165, 1.54) is 0 Å². The highest BCUT2D eigenvalue weighted by Crippen LogP contribution is 2.22. The Morgan fingerprint density at radius 1 is 1.40 bits per heavy atom. The standard InChI is InChI=1S/C15H21BrClNO2/c1-15(2)11-18(10-14(9-17)20-15)7-8-19-13-5-3-12(16)4-6-13/h3-6,14H,7-11H2,1-2H3. The number of ether oxygens (including phenoxy) is 2. The summed E-state index contributed by atoms with van der Waals surface area (Å²) in [7, 11) is 0. The second kappa shape index (κ2) is 7.12. The molecule has 5 heteroatoms. The number of hydrogen-bond acceptors (Lipinski definition) is 3. The van der Waals surface area contributed by atoms with Crippen molar-refractivity contribution in [3.05, 3.63) is 28.7 Å². The summed E-state index contributed by atoms with van der Waals surface area (Å²) in [6.07, 6.45) is 0.105. The number of rotatable bonds is 5. The first-order valence-corrected chi connectivity index (χ1v) is 8.16. The monoisotopic (exact) mass is 361 g/mol. The first kappa shape index (κ1) is 16.1. The summed E-state index contributed by atoms with van der Waals surface area (Å²) < 4.78 is 12.7. The quantitative estimate of drug-likeness (QED) is 0.748. The molecule has 2 rings (SSSR count). The largest absolute Gasteiger partial charge is 0.492 e. The number of hydrogen-bond donors (Lipinski definition) is 0. The average Bonchev–Trinajstić information content (AvgIpc) is 2.39. The molecule has 1 heterocycles. The highest BCUT2D eigenvalue weighted by atomic mass is 79.9. The molecule has 1 aromatic carbocycles.